The van der Waals surface area contributed by atoms with Crippen molar-refractivity contribution in [2.24, 2.45) is 0 Å². The van der Waals surface area contributed by atoms with Crippen LogP contribution in [0.15, 0.2) is 42.9 Å². The highest BCUT2D eigenvalue weighted by Crippen LogP contribution is 2.17. The monoisotopic (exact) mass is 313 g/mol. The Labute approximate surface area is 136 Å². The van der Waals surface area contributed by atoms with Crippen molar-refractivity contribution in [1.29, 1.82) is 0 Å². The quantitative estimate of drug-likeness (QED) is 0.820. The van der Waals surface area contributed by atoms with Crippen molar-refractivity contribution in [2.75, 3.05) is 6.54 Å². The summed E-state index contributed by atoms with van der Waals surface area (Å²) >= 11 is 0. The number of benzene rings is 1. The lowest BCUT2D eigenvalue weighted by Gasteiger charge is -2.19. The van der Waals surface area contributed by atoms with E-state index in [9.17, 15) is 4.79 Å². The first-order chi connectivity index (χ1) is 10.9. The van der Waals surface area contributed by atoms with Gasteiger partial charge in [0, 0.05) is 6.54 Å². The van der Waals surface area contributed by atoms with Gasteiger partial charge in [0.25, 0.3) is 0 Å². The van der Waals surface area contributed by atoms with Gasteiger partial charge in [-0.1, -0.05) is 36.4 Å². The van der Waals surface area contributed by atoms with Crippen LogP contribution >= 0.6 is 0 Å². The number of hydrogen-bond acceptors (Lipinski definition) is 3. The Bertz CT molecular complexity index is 638. The Kier molecular flexibility index (Phi) is 5.57. The number of aromatic nitrogens is 2. The van der Waals surface area contributed by atoms with Gasteiger partial charge in [-0.3, -0.25) is 0 Å². The van der Waals surface area contributed by atoms with Crippen LogP contribution in [-0.2, 0) is 4.74 Å². The number of nitrogens with one attached hydrogen (secondary N) is 2. The van der Waals surface area contributed by atoms with Gasteiger partial charge in [0.05, 0.1) is 18.2 Å². The summed E-state index contributed by atoms with van der Waals surface area (Å²) in [5, 5.41) is 2.73. The van der Waals surface area contributed by atoms with E-state index >= 15 is 0 Å². The maximum Gasteiger partial charge on any atom is 0.407 e. The molecule has 0 saturated carbocycles. The van der Waals surface area contributed by atoms with Gasteiger partial charge in [0.2, 0.25) is 0 Å². The van der Waals surface area contributed by atoms with Crippen LogP contribution < -0.4 is 5.32 Å². The zero-order chi connectivity index (χ0) is 16.7. The van der Waals surface area contributed by atoms with Crippen LogP contribution in [-0.4, -0.2) is 28.2 Å². The molecule has 0 aliphatic heterocycles. The van der Waals surface area contributed by atoms with Gasteiger partial charge in [-0.15, -0.1) is 0 Å². The molecule has 122 valence electrons. The average molecular weight is 313 g/mol. The summed E-state index contributed by atoms with van der Waals surface area (Å²) in [5.74, 6) is 0. The second-order valence-corrected chi connectivity index (χ2v) is 6.21. The largest absolute Gasteiger partial charge is 0.444 e. The van der Waals surface area contributed by atoms with Gasteiger partial charge < -0.3 is 15.0 Å². The van der Waals surface area contributed by atoms with Gasteiger partial charge in [-0.05, 0) is 38.3 Å². The number of H-pyrrole nitrogens is 1. The summed E-state index contributed by atoms with van der Waals surface area (Å²) in [6, 6.07) is 8.19. The first kappa shape index (κ1) is 16.8. The summed E-state index contributed by atoms with van der Waals surface area (Å²) in [4.78, 5) is 18.6. The summed E-state index contributed by atoms with van der Waals surface area (Å²) in [6.07, 6.45) is 7.90. The molecule has 5 heteroatoms. The molecule has 2 aromatic rings. The fourth-order valence-corrected chi connectivity index (χ4v) is 1.98. The molecule has 0 unspecified atom stereocenters. The Hall–Kier alpha value is -2.56. The van der Waals surface area contributed by atoms with Crippen molar-refractivity contribution in [3.63, 3.8) is 0 Å². The van der Waals surface area contributed by atoms with Crippen molar-refractivity contribution in [1.82, 2.24) is 15.3 Å². The third kappa shape index (κ3) is 5.98. The lowest BCUT2D eigenvalue weighted by molar-refractivity contribution is 0.0529. The van der Waals surface area contributed by atoms with Crippen LogP contribution in [0.5, 0.6) is 0 Å². The lowest BCUT2D eigenvalue weighted by Crippen LogP contribution is -2.32. The number of nitrogens with zero attached hydrogens (tertiary/aromatic N) is 1. The van der Waals surface area contributed by atoms with Crippen LogP contribution in [0.25, 0.3) is 17.3 Å². The molecule has 0 atom stereocenters. The zero-order valence-electron chi connectivity index (χ0n) is 13.8. The second-order valence-electron chi connectivity index (χ2n) is 6.21. The minimum absolute atomic E-state index is 0.380. The molecule has 1 amide bonds. The fourth-order valence-electron chi connectivity index (χ4n) is 1.98. The Morgan fingerprint density at radius 2 is 2.04 bits per heavy atom. The molecule has 2 N–H and O–H groups in total. The molecule has 0 fully saturated rings. The number of alkyl carbamates (subject to hydrolysis) is 1. The van der Waals surface area contributed by atoms with E-state index in [1.807, 2.05) is 57.2 Å². The Morgan fingerprint density at radius 3 is 2.65 bits per heavy atom. The van der Waals surface area contributed by atoms with Gasteiger partial charge in [0.1, 0.15) is 5.60 Å². The van der Waals surface area contributed by atoms with Gasteiger partial charge in [0.15, 0.2) is 0 Å². The molecule has 1 heterocycles. The molecule has 5 nitrogen and oxygen atoms in total. The van der Waals surface area contributed by atoms with E-state index in [1.54, 1.807) is 12.5 Å². The molecule has 0 spiro atoms. The third-order valence-corrected chi connectivity index (χ3v) is 3.01. The molecule has 2 rings (SSSR count). The Morgan fingerprint density at radius 1 is 1.30 bits per heavy atom. The minimum Gasteiger partial charge on any atom is -0.444 e. The van der Waals surface area contributed by atoms with E-state index in [2.05, 4.69) is 15.3 Å². The number of hydrogen-bond donors (Lipinski definition) is 2. The van der Waals surface area contributed by atoms with Crippen molar-refractivity contribution >= 4 is 12.2 Å². The molecule has 0 bridgehead atoms. The minimum atomic E-state index is -0.462. The number of imidazole rings is 1. The van der Waals surface area contributed by atoms with Gasteiger partial charge in [-0.25, -0.2) is 9.78 Å². The number of carbonyl (C=O) groups is 1. The molecule has 1 aromatic heterocycles. The molecule has 0 radical (unpaired) electrons. The van der Waals surface area contributed by atoms with E-state index in [4.69, 9.17) is 4.74 Å². The van der Waals surface area contributed by atoms with Crippen molar-refractivity contribution in [3.8, 4) is 11.3 Å². The molecule has 1 aromatic carbocycles. The summed E-state index contributed by atoms with van der Waals surface area (Å²) in [7, 11) is 0. The number of rotatable bonds is 5. The second kappa shape index (κ2) is 7.63. The van der Waals surface area contributed by atoms with E-state index in [-0.39, 0.29) is 6.09 Å². The van der Waals surface area contributed by atoms with Crippen LogP contribution in [0, 0.1) is 0 Å². The maximum atomic E-state index is 11.5. The average Bonchev–Trinajstić information content (AvgIpc) is 3.00. The summed E-state index contributed by atoms with van der Waals surface area (Å²) < 4.78 is 5.17. The number of carbonyl (C=O) groups excluding carboxylic acids is 1. The molecule has 0 saturated heterocycles. The van der Waals surface area contributed by atoms with E-state index in [0.29, 0.717) is 6.54 Å². The highest BCUT2D eigenvalue weighted by atomic mass is 16.6. The smallest absolute Gasteiger partial charge is 0.407 e. The standard InChI is InChI=1S/C18H23N3O2/c1-18(2,3)23-17(22)20-11-5-4-6-14-7-9-15(10-8-14)16-12-19-13-21-16/h4,6-10,12-13H,5,11H2,1-3H3,(H,19,21)(H,20,22). The summed E-state index contributed by atoms with van der Waals surface area (Å²) in [5.41, 5.74) is 2.76. The van der Waals surface area contributed by atoms with Crippen molar-refractivity contribution in [3.05, 3.63) is 48.4 Å². The van der Waals surface area contributed by atoms with Crippen molar-refractivity contribution < 1.29 is 9.53 Å². The van der Waals surface area contributed by atoms with Gasteiger partial charge in [-0.2, -0.15) is 0 Å². The van der Waals surface area contributed by atoms with Crippen LogP contribution in [0.3, 0.4) is 0 Å². The van der Waals surface area contributed by atoms with Crippen LogP contribution in [0.4, 0.5) is 4.79 Å². The molecule has 0 aliphatic carbocycles. The number of aromatic amines is 1. The first-order valence-electron chi connectivity index (χ1n) is 7.66. The van der Waals surface area contributed by atoms with Gasteiger partial charge >= 0.3 is 6.09 Å². The third-order valence-electron chi connectivity index (χ3n) is 3.01. The normalized spacial score (nSPS) is 11.6. The number of amides is 1. The highest BCUT2D eigenvalue weighted by Gasteiger charge is 2.15. The molecule has 23 heavy (non-hydrogen) atoms. The molecular weight excluding hydrogens is 290 g/mol. The lowest BCUT2D eigenvalue weighted by atomic mass is 10.1. The van der Waals surface area contributed by atoms with Crippen molar-refractivity contribution in [2.45, 2.75) is 32.8 Å². The van der Waals surface area contributed by atoms with E-state index < -0.39 is 5.60 Å². The molecular formula is C18H23N3O2. The first-order valence-corrected chi connectivity index (χ1v) is 7.66. The summed E-state index contributed by atoms with van der Waals surface area (Å²) in [6.45, 7) is 6.09. The highest BCUT2D eigenvalue weighted by molar-refractivity contribution is 5.67. The zero-order valence-corrected chi connectivity index (χ0v) is 13.8. The topological polar surface area (TPSA) is 67.0 Å². The van der Waals surface area contributed by atoms with E-state index in [1.165, 1.54) is 0 Å². The predicted octanol–water partition coefficient (Wildman–Crippen LogP) is 4.00. The Balaban J connectivity index is 1.75. The fraction of sp³-hybridized carbons (Fsp3) is 0.333. The SMILES string of the molecule is CC(C)(C)OC(=O)NCCC=Cc1ccc(-c2cnc[nH]2)cc1. The predicted molar refractivity (Wildman–Crippen MR) is 91.9 cm³/mol. The molecule has 0 aliphatic rings. The van der Waals surface area contributed by atoms with E-state index in [0.717, 1.165) is 23.2 Å². The van der Waals surface area contributed by atoms with Crippen LogP contribution in [0.2, 0.25) is 0 Å². The maximum absolute atomic E-state index is 11.5. The van der Waals surface area contributed by atoms with Crippen LogP contribution in [0.1, 0.15) is 32.8 Å². The number of ether oxygens (including phenoxy) is 1.